The van der Waals surface area contributed by atoms with E-state index < -0.39 is 5.54 Å². The first kappa shape index (κ1) is 9.72. The van der Waals surface area contributed by atoms with Gasteiger partial charge in [0.15, 0.2) is 0 Å². The van der Waals surface area contributed by atoms with E-state index in [1.54, 1.807) is 0 Å². The van der Waals surface area contributed by atoms with E-state index in [0.717, 1.165) is 5.56 Å². The molecule has 0 heterocycles. The quantitative estimate of drug-likeness (QED) is 0.554. The van der Waals surface area contributed by atoms with Crippen molar-refractivity contribution < 1.29 is 9.53 Å². The van der Waals surface area contributed by atoms with E-state index in [1.165, 1.54) is 0 Å². The normalized spacial score (nSPS) is 16.5. The Kier molecular flexibility index (Phi) is 2.42. The molecule has 0 radical (unpaired) electrons. The number of carbonyl (C=O) groups excluding carboxylic acids is 1. The summed E-state index contributed by atoms with van der Waals surface area (Å²) in [7, 11) is 0. The van der Waals surface area contributed by atoms with Gasteiger partial charge >= 0.3 is 11.5 Å². The molecular formula is C12H11NO2. The largest absolute Gasteiger partial charge is 0.455 e. The molecule has 3 heteroatoms. The summed E-state index contributed by atoms with van der Waals surface area (Å²) < 4.78 is 5.09. The van der Waals surface area contributed by atoms with Crippen LogP contribution in [0.1, 0.15) is 18.4 Å². The maximum Gasteiger partial charge on any atom is 0.393 e. The Hall–Kier alpha value is -1.82. The second kappa shape index (κ2) is 3.74. The van der Waals surface area contributed by atoms with Crippen LogP contribution in [-0.4, -0.2) is 11.5 Å². The highest BCUT2D eigenvalue weighted by molar-refractivity contribution is 5.86. The van der Waals surface area contributed by atoms with E-state index in [-0.39, 0.29) is 12.6 Å². The van der Waals surface area contributed by atoms with E-state index in [2.05, 4.69) is 4.85 Å². The molecule has 1 aliphatic carbocycles. The molecule has 1 aromatic carbocycles. The number of esters is 1. The standard InChI is InChI=1S/C12H11NO2/c1-13-12(7-8-12)11(14)15-9-10-5-3-2-4-6-10/h2-6H,7-9H2. The lowest BCUT2D eigenvalue weighted by atomic mass is 10.2. The minimum Gasteiger partial charge on any atom is -0.455 e. The molecule has 0 N–H and O–H groups in total. The molecule has 0 aliphatic heterocycles. The molecule has 1 fully saturated rings. The molecule has 0 amide bonds. The van der Waals surface area contributed by atoms with Crippen molar-refractivity contribution in [2.45, 2.75) is 25.0 Å². The summed E-state index contributed by atoms with van der Waals surface area (Å²) in [6.07, 6.45) is 1.29. The molecule has 3 nitrogen and oxygen atoms in total. The second-order valence-corrected chi connectivity index (χ2v) is 3.71. The fourth-order valence-corrected chi connectivity index (χ4v) is 1.34. The maximum absolute atomic E-state index is 11.5. The number of nitrogens with zero attached hydrogens (tertiary/aromatic N) is 1. The number of hydrogen-bond acceptors (Lipinski definition) is 2. The Morgan fingerprint density at radius 2 is 2.07 bits per heavy atom. The lowest BCUT2D eigenvalue weighted by Gasteiger charge is -2.04. The Bertz CT molecular complexity index is 401. The van der Waals surface area contributed by atoms with Crippen LogP contribution in [-0.2, 0) is 16.1 Å². The molecule has 0 spiro atoms. The van der Waals surface area contributed by atoms with Gasteiger partial charge in [-0.15, -0.1) is 0 Å². The van der Waals surface area contributed by atoms with Gasteiger partial charge in [0, 0.05) is 12.8 Å². The van der Waals surface area contributed by atoms with Crippen LogP contribution in [0.2, 0.25) is 0 Å². The van der Waals surface area contributed by atoms with Crippen LogP contribution in [0.25, 0.3) is 4.85 Å². The van der Waals surface area contributed by atoms with Gasteiger partial charge in [-0.05, 0) is 5.56 Å². The zero-order valence-electron chi connectivity index (χ0n) is 8.27. The van der Waals surface area contributed by atoms with Gasteiger partial charge in [-0.3, -0.25) is 4.85 Å². The van der Waals surface area contributed by atoms with Crippen LogP contribution in [0.4, 0.5) is 0 Å². The highest BCUT2D eigenvalue weighted by Gasteiger charge is 2.60. The second-order valence-electron chi connectivity index (χ2n) is 3.71. The van der Waals surface area contributed by atoms with Crippen LogP contribution in [0, 0.1) is 6.57 Å². The van der Waals surface area contributed by atoms with E-state index in [1.807, 2.05) is 30.3 Å². The first-order valence-electron chi connectivity index (χ1n) is 4.87. The first-order chi connectivity index (χ1) is 7.27. The lowest BCUT2D eigenvalue weighted by molar-refractivity contribution is -0.146. The van der Waals surface area contributed by atoms with Crippen molar-refractivity contribution >= 4 is 5.97 Å². The lowest BCUT2D eigenvalue weighted by Crippen LogP contribution is -2.21. The average molecular weight is 201 g/mol. The molecule has 1 saturated carbocycles. The third kappa shape index (κ3) is 1.99. The Balaban J connectivity index is 1.90. The number of rotatable bonds is 3. The van der Waals surface area contributed by atoms with Crippen molar-refractivity contribution in [2.75, 3.05) is 0 Å². The van der Waals surface area contributed by atoms with Crippen molar-refractivity contribution in [2.24, 2.45) is 0 Å². The number of carbonyl (C=O) groups is 1. The van der Waals surface area contributed by atoms with Gasteiger partial charge in [0.05, 0.1) is 0 Å². The van der Waals surface area contributed by atoms with Crippen LogP contribution < -0.4 is 0 Å². The maximum atomic E-state index is 11.5. The molecule has 0 aromatic heterocycles. The van der Waals surface area contributed by atoms with Gasteiger partial charge in [-0.1, -0.05) is 30.3 Å². The number of hydrogen-bond donors (Lipinski definition) is 0. The summed E-state index contributed by atoms with van der Waals surface area (Å²) in [5, 5.41) is 0. The Morgan fingerprint density at radius 1 is 1.40 bits per heavy atom. The fraction of sp³-hybridized carbons (Fsp3) is 0.333. The smallest absolute Gasteiger partial charge is 0.393 e. The van der Waals surface area contributed by atoms with Crippen molar-refractivity contribution in [3.8, 4) is 0 Å². The molecule has 0 bridgehead atoms. The topological polar surface area (TPSA) is 30.7 Å². The third-order valence-electron chi connectivity index (χ3n) is 2.53. The molecule has 0 unspecified atom stereocenters. The minimum atomic E-state index is -0.839. The van der Waals surface area contributed by atoms with E-state index >= 15 is 0 Å². The molecule has 0 atom stereocenters. The summed E-state index contributed by atoms with van der Waals surface area (Å²) >= 11 is 0. The summed E-state index contributed by atoms with van der Waals surface area (Å²) in [4.78, 5) is 14.8. The van der Waals surface area contributed by atoms with Crippen LogP contribution >= 0.6 is 0 Å². The molecule has 76 valence electrons. The predicted octanol–water partition coefficient (Wildman–Crippen LogP) is 2.18. The zero-order chi connectivity index (χ0) is 10.7. The fourth-order valence-electron chi connectivity index (χ4n) is 1.34. The van der Waals surface area contributed by atoms with Crippen molar-refractivity contribution in [1.82, 2.24) is 0 Å². The molecule has 0 saturated heterocycles. The van der Waals surface area contributed by atoms with E-state index in [4.69, 9.17) is 11.3 Å². The Morgan fingerprint density at radius 3 is 2.60 bits per heavy atom. The van der Waals surface area contributed by atoms with Gasteiger partial charge in [0.2, 0.25) is 0 Å². The summed E-state index contributed by atoms with van der Waals surface area (Å²) in [5.41, 5.74) is 0.112. The summed E-state index contributed by atoms with van der Waals surface area (Å²) in [6, 6.07) is 9.48. The van der Waals surface area contributed by atoms with E-state index in [9.17, 15) is 4.79 Å². The van der Waals surface area contributed by atoms with Crippen LogP contribution in [0.3, 0.4) is 0 Å². The highest BCUT2D eigenvalue weighted by atomic mass is 16.5. The van der Waals surface area contributed by atoms with Crippen LogP contribution in [0.5, 0.6) is 0 Å². The number of ether oxygens (including phenoxy) is 1. The average Bonchev–Trinajstić information content (AvgIpc) is 3.08. The predicted molar refractivity (Wildman–Crippen MR) is 54.8 cm³/mol. The molecule has 1 aliphatic rings. The van der Waals surface area contributed by atoms with Gasteiger partial charge in [0.25, 0.3) is 0 Å². The highest BCUT2D eigenvalue weighted by Crippen LogP contribution is 2.41. The monoisotopic (exact) mass is 201 g/mol. The first-order valence-corrected chi connectivity index (χ1v) is 4.87. The molecule has 1 aromatic rings. The SMILES string of the molecule is [C-]#[N+]C1(C(=O)OCc2ccccc2)CC1. The molecular weight excluding hydrogens is 190 g/mol. The third-order valence-corrected chi connectivity index (χ3v) is 2.53. The van der Waals surface area contributed by atoms with Gasteiger partial charge in [-0.2, -0.15) is 0 Å². The van der Waals surface area contributed by atoms with Crippen molar-refractivity contribution in [3.63, 3.8) is 0 Å². The summed E-state index contributed by atoms with van der Waals surface area (Å²) in [6.45, 7) is 7.17. The van der Waals surface area contributed by atoms with Gasteiger partial charge in [-0.25, -0.2) is 11.4 Å². The van der Waals surface area contributed by atoms with E-state index in [0.29, 0.717) is 12.8 Å². The zero-order valence-corrected chi connectivity index (χ0v) is 8.27. The van der Waals surface area contributed by atoms with Gasteiger partial charge < -0.3 is 4.74 Å². The van der Waals surface area contributed by atoms with Gasteiger partial charge in [0.1, 0.15) is 6.61 Å². The minimum absolute atomic E-state index is 0.261. The summed E-state index contributed by atoms with van der Waals surface area (Å²) in [5.74, 6) is -0.374. The Labute approximate surface area is 88.5 Å². The van der Waals surface area contributed by atoms with Crippen LogP contribution in [0.15, 0.2) is 30.3 Å². The van der Waals surface area contributed by atoms with Crippen molar-refractivity contribution in [3.05, 3.63) is 47.3 Å². The molecule has 15 heavy (non-hydrogen) atoms. The van der Waals surface area contributed by atoms with Crippen molar-refractivity contribution in [1.29, 1.82) is 0 Å². The number of benzene rings is 1. The molecule has 2 rings (SSSR count).